The maximum atomic E-state index is 12.3. The second-order valence-electron chi connectivity index (χ2n) is 7.22. The lowest BCUT2D eigenvalue weighted by molar-refractivity contribution is -0.132. The predicted octanol–water partition coefficient (Wildman–Crippen LogP) is 0.347. The fraction of sp³-hybridized carbons (Fsp3) is 0.526. The molecule has 1 aromatic rings. The number of hydrogen-bond donors (Lipinski definition) is 3. The largest absolute Gasteiger partial charge is 0.352 e. The topological polar surface area (TPSA) is 120 Å². The summed E-state index contributed by atoms with van der Waals surface area (Å²) in [6.45, 7) is 3.64. The average molecular weight is 387 g/mol. The van der Waals surface area contributed by atoms with Crippen LogP contribution in [0.3, 0.4) is 0 Å². The van der Waals surface area contributed by atoms with Gasteiger partial charge in [-0.05, 0) is 44.2 Å². The SMILES string of the molecule is Cc1ncccc1C(=O)NCC1CCN(C(=O)CC[C@@H]2NC(=O)NC2=O)CC1. The zero-order valence-corrected chi connectivity index (χ0v) is 15.9. The Balaban J connectivity index is 1.37. The molecule has 0 unspecified atom stereocenters. The Hall–Kier alpha value is -2.97. The van der Waals surface area contributed by atoms with Crippen LogP contribution in [-0.2, 0) is 9.59 Å². The van der Waals surface area contributed by atoms with Crippen LogP contribution in [0.1, 0.15) is 41.7 Å². The zero-order valence-electron chi connectivity index (χ0n) is 15.9. The molecule has 9 nitrogen and oxygen atoms in total. The summed E-state index contributed by atoms with van der Waals surface area (Å²) in [7, 11) is 0. The Morgan fingerprint density at radius 2 is 2.04 bits per heavy atom. The number of nitrogens with one attached hydrogen (secondary N) is 3. The van der Waals surface area contributed by atoms with Crippen LogP contribution in [0, 0.1) is 12.8 Å². The molecule has 0 saturated carbocycles. The minimum atomic E-state index is -0.625. The van der Waals surface area contributed by atoms with Crippen molar-refractivity contribution < 1.29 is 19.2 Å². The number of aryl methyl sites for hydroxylation is 1. The molecule has 2 aliphatic rings. The monoisotopic (exact) mass is 387 g/mol. The number of carbonyl (C=O) groups is 4. The quantitative estimate of drug-likeness (QED) is 0.608. The van der Waals surface area contributed by atoms with Gasteiger partial charge < -0.3 is 15.5 Å². The number of imide groups is 1. The lowest BCUT2D eigenvalue weighted by Gasteiger charge is -2.32. The first-order valence-electron chi connectivity index (χ1n) is 9.53. The Morgan fingerprint density at radius 1 is 1.29 bits per heavy atom. The number of piperidine rings is 1. The molecule has 0 spiro atoms. The molecular weight excluding hydrogens is 362 g/mol. The van der Waals surface area contributed by atoms with E-state index in [1.54, 1.807) is 30.2 Å². The molecule has 0 radical (unpaired) electrons. The lowest BCUT2D eigenvalue weighted by atomic mass is 9.96. The first-order chi connectivity index (χ1) is 13.4. The first-order valence-corrected chi connectivity index (χ1v) is 9.53. The van der Waals surface area contributed by atoms with Crippen molar-refractivity contribution in [1.29, 1.82) is 0 Å². The lowest BCUT2D eigenvalue weighted by Crippen LogP contribution is -2.42. The van der Waals surface area contributed by atoms with Crippen molar-refractivity contribution in [1.82, 2.24) is 25.8 Å². The third-order valence-electron chi connectivity index (χ3n) is 5.28. The first kappa shape index (κ1) is 19.8. The molecule has 3 N–H and O–H groups in total. The predicted molar refractivity (Wildman–Crippen MR) is 100 cm³/mol. The van der Waals surface area contributed by atoms with Crippen molar-refractivity contribution >= 4 is 23.8 Å². The van der Waals surface area contributed by atoms with Gasteiger partial charge in [0.15, 0.2) is 0 Å². The van der Waals surface area contributed by atoms with Crippen molar-refractivity contribution in [2.24, 2.45) is 5.92 Å². The molecule has 28 heavy (non-hydrogen) atoms. The van der Waals surface area contributed by atoms with Crippen LogP contribution in [0.2, 0.25) is 0 Å². The van der Waals surface area contributed by atoms with E-state index in [2.05, 4.69) is 20.9 Å². The summed E-state index contributed by atoms with van der Waals surface area (Å²) in [5.74, 6) is -0.190. The number of rotatable bonds is 6. The molecule has 2 fully saturated rings. The fourth-order valence-corrected chi connectivity index (χ4v) is 3.53. The zero-order chi connectivity index (χ0) is 20.1. The van der Waals surface area contributed by atoms with Gasteiger partial charge in [0.05, 0.1) is 5.56 Å². The molecule has 0 bridgehead atoms. The number of nitrogens with zero attached hydrogens (tertiary/aromatic N) is 2. The van der Waals surface area contributed by atoms with Gasteiger partial charge >= 0.3 is 6.03 Å². The molecule has 9 heteroatoms. The van der Waals surface area contributed by atoms with Crippen LogP contribution >= 0.6 is 0 Å². The molecule has 1 aromatic heterocycles. The summed E-state index contributed by atoms with van der Waals surface area (Å²) >= 11 is 0. The summed E-state index contributed by atoms with van der Waals surface area (Å²) in [5, 5.41) is 7.62. The minimum Gasteiger partial charge on any atom is -0.352 e. The number of likely N-dealkylation sites (tertiary alicyclic amines) is 1. The number of aromatic nitrogens is 1. The molecule has 2 aliphatic heterocycles. The van der Waals surface area contributed by atoms with E-state index >= 15 is 0 Å². The molecular formula is C19H25N5O4. The molecule has 3 rings (SSSR count). The molecule has 2 saturated heterocycles. The second kappa shape index (κ2) is 8.81. The van der Waals surface area contributed by atoms with E-state index in [9.17, 15) is 19.2 Å². The second-order valence-corrected chi connectivity index (χ2v) is 7.22. The average Bonchev–Trinajstić information content (AvgIpc) is 3.02. The number of pyridine rings is 1. The number of urea groups is 1. The van der Waals surface area contributed by atoms with E-state index in [1.807, 2.05) is 0 Å². The van der Waals surface area contributed by atoms with Crippen molar-refractivity contribution in [3.05, 3.63) is 29.6 Å². The highest BCUT2D eigenvalue weighted by Gasteiger charge is 2.30. The number of hydrogen-bond acceptors (Lipinski definition) is 5. The molecule has 150 valence electrons. The van der Waals surface area contributed by atoms with E-state index in [0.717, 1.165) is 12.8 Å². The smallest absolute Gasteiger partial charge is 0.322 e. The van der Waals surface area contributed by atoms with Gasteiger partial charge in [0, 0.05) is 37.9 Å². The van der Waals surface area contributed by atoms with E-state index in [4.69, 9.17) is 0 Å². The van der Waals surface area contributed by atoms with Gasteiger partial charge in [0.1, 0.15) is 6.04 Å². The Labute approximate surface area is 163 Å². The normalized spacial score (nSPS) is 19.9. The number of amides is 5. The highest BCUT2D eigenvalue weighted by atomic mass is 16.2. The van der Waals surface area contributed by atoms with Gasteiger partial charge in [0.25, 0.3) is 11.8 Å². The Bertz CT molecular complexity index is 773. The fourth-order valence-electron chi connectivity index (χ4n) is 3.53. The summed E-state index contributed by atoms with van der Waals surface area (Å²) < 4.78 is 0. The maximum absolute atomic E-state index is 12.3. The van der Waals surface area contributed by atoms with Crippen LogP contribution in [0.15, 0.2) is 18.3 Å². The number of carbonyl (C=O) groups excluding carboxylic acids is 4. The summed E-state index contributed by atoms with van der Waals surface area (Å²) in [4.78, 5) is 53.1. The molecule has 0 aliphatic carbocycles. The molecule has 5 amide bonds. The van der Waals surface area contributed by atoms with Crippen molar-refractivity contribution in [3.8, 4) is 0 Å². The minimum absolute atomic E-state index is 0.0116. The third kappa shape index (κ3) is 4.85. The Morgan fingerprint density at radius 3 is 2.68 bits per heavy atom. The standard InChI is InChI=1S/C19H25N5O4/c1-12-14(3-2-8-20-12)17(26)21-11-13-6-9-24(10-7-13)16(25)5-4-15-18(27)23-19(28)22-15/h2-3,8,13,15H,4-7,9-11H2,1H3,(H,21,26)(H2,22,23,27,28)/t15-/m0/s1. The molecule has 0 aromatic carbocycles. The van der Waals surface area contributed by atoms with Gasteiger partial charge in [-0.2, -0.15) is 0 Å². The summed E-state index contributed by atoms with van der Waals surface area (Å²) in [5.41, 5.74) is 1.28. The molecule has 3 heterocycles. The summed E-state index contributed by atoms with van der Waals surface area (Å²) in [6.07, 6.45) is 3.82. The maximum Gasteiger partial charge on any atom is 0.322 e. The highest BCUT2D eigenvalue weighted by Crippen LogP contribution is 2.18. The van der Waals surface area contributed by atoms with Crippen LogP contribution in [-0.4, -0.2) is 59.3 Å². The van der Waals surface area contributed by atoms with Gasteiger partial charge in [0.2, 0.25) is 5.91 Å². The third-order valence-corrected chi connectivity index (χ3v) is 5.28. The van der Waals surface area contributed by atoms with Crippen molar-refractivity contribution in [3.63, 3.8) is 0 Å². The van der Waals surface area contributed by atoms with E-state index in [-0.39, 0.29) is 24.1 Å². The van der Waals surface area contributed by atoms with Crippen molar-refractivity contribution in [2.45, 2.75) is 38.6 Å². The van der Waals surface area contributed by atoms with Crippen molar-refractivity contribution in [2.75, 3.05) is 19.6 Å². The van der Waals surface area contributed by atoms with Gasteiger partial charge in [-0.25, -0.2) is 4.79 Å². The van der Waals surface area contributed by atoms with Crippen LogP contribution in [0.5, 0.6) is 0 Å². The van der Waals surface area contributed by atoms with E-state index in [0.29, 0.717) is 43.2 Å². The van der Waals surface area contributed by atoms with Gasteiger partial charge in [-0.15, -0.1) is 0 Å². The van der Waals surface area contributed by atoms with Gasteiger partial charge in [-0.1, -0.05) is 0 Å². The highest BCUT2D eigenvalue weighted by molar-refractivity contribution is 6.04. The van der Waals surface area contributed by atoms with E-state index in [1.165, 1.54) is 0 Å². The van der Waals surface area contributed by atoms with E-state index < -0.39 is 12.1 Å². The Kier molecular flexibility index (Phi) is 6.23. The van der Waals surface area contributed by atoms with Crippen LogP contribution in [0.25, 0.3) is 0 Å². The molecule has 1 atom stereocenters. The van der Waals surface area contributed by atoms with Gasteiger partial charge in [-0.3, -0.25) is 24.7 Å². The summed E-state index contributed by atoms with van der Waals surface area (Å²) in [6, 6.07) is 2.37. The van der Waals surface area contributed by atoms with Crippen LogP contribution in [0.4, 0.5) is 4.79 Å². The van der Waals surface area contributed by atoms with Crippen LogP contribution < -0.4 is 16.0 Å².